The summed E-state index contributed by atoms with van der Waals surface area (Å²) in [6.07, 6.45) is 2.23. The van der Waals surface area contributed by atoms with Crippen molar-refractivity contribution in [2.75, 3.05) is 11.9 Å². The maximum absolute atomic E-state index is 13.1. The summed E-state index contributed by atoms with van der Waals surface area (Å²) < 4.78 is 5.18. The van der Waals surface area contributed by atoms with Crippen LogP contribution < -0.4 is 5.32 Å². The lowest BCUT2D eigenvalue weighted by Gasteiger charge is -2.35. The van der Waals surface area contributed by atoms with Crippen molar-refractivity contribution < 1.29 is 34.4 Å². The molecule has 0 spiro atoms. The number of rotatable bonds is 3. The van der Waals surface area contributed by atoms with E-state index in [1.54, 1.807) is 30.5 Å². The number of aromatic hydroxyl groups is 2. The molecule has 34 heavy (non-hydrogen) atoms. The van der Waals surface area contributed by atoms with E-state index in [4.69, 9.17) is 4.74 Å². The van der Waals surface area contributed by atoms with Crippen LogP contribution in [0.1, 0.15) is 49.4 Å². The average molecular weight is 460 g/mol. The predicted molar refractivity (Wildman–Crippen MR) is 119 cm³/mol. The lowest BCUT2D eigenvalue weighted by molar-refractivity contribution is -0.0292. The van der Waals surface area contributed by atoms with Crippen molar-refractivity contribution in [3.05, 3.63) is 82.2 Å². The van der Waals surface area contributed by atoms with Crippen LogP contribution in [0.4, 0.5) is 10.5 Å². The number of phenols is 2. The summed E-state index contributed by atoms with van der Waals surface area (Å²) in [6, 6.07) is 9.48. The van der Waals surface area contributed by atoms with Gasteiger partial charge in [-0.3, -0.25) is 19.9 Å². The van der Waals surface area contributed by atoms with Crippen molar-refractivity contribution in [3.8, 4) is 11.5 Å². The van der Waals surface area contributed by atoms with Gasteiger partial charge in [-0.2, -0.15) is 0 Å². The second-order valence-electron chi connectivity index (χ2n) is 8.45. The first kappa shape index (κ1) is 21.6. The molecule has 3 aromatic rings. The van der Waals surface area contributed by atoms with Crippen LogP contribution in [0.2, 0.25) is 0 Å². The van der Waals surface area contributed by atoms with Gasteiger partial charge in [-0.15, -0.1) is 0 Å². The van der Waals surface area contributed by atoms with Crippen molar-refractivity contribution in [1.29, 1.82) is 0 Å². The first-order chi connectivity index (χ1) is 16.3. The third kappa shape index (κ3) is 3.46. The standard InChI is InChI=1S/C25H20N2O7/c28-20-14-5-1-2-6-15(14)21(29)19-18(20)22(30)16-7-8-25(33,10-17(16)23(19)31)12-34-24(32)27-13-4-3-9-26-11-13/h1-6,9,11,30-31,33H,7-8,10,12H2,(H,27,32). The van der Waals surface area contributed by atoms with Crippen molar-refractivity contribution in [1.82, 2.24) is 4.98 Å². The Bertz CT molecular complexity index is 1350. The largest absolute Gasteiger partial charge is 0.507 e. The highest BCUT2D eigenvalue weighted by Gasteiger charge is 2.42. The van der Waals surface area contributed by atoms with Crippen LogP contribution in [0.15, 0.2) is 48.8 Å². The predicted octanol–water partition coefficient (Wildman–Crippen LogP) is 2.74. The Morgan fingerprint density at radius 3 is 2.26 bits per heavy atom. The van der Waals surface area contributed by atoms with Gasteiger partial charge < -0.3 is 20.1 Å². The molecule has 172 valence electrons. The maximum atomic E-state index is 13.1. The third-order valence-corrected chi connectivity index (χ3v) is 6.26. The highest BCUT2D eigenvalue weighted by molar-refractivity contribution is 6.30. The highest BCUT2D eigenvalue weighted by Crippen LogP contribution is 2.47. The van der Waals surface area contributed by atoms with Crippen LogP contribution in [0, 0.1) is 0 Å². The molecule has 2 aliphatic carbocycles. The zero-order valence-corrected chi connectivity index (χ0v) is 17.9. The number of aromatic nitrogens is 1. The van der Waals surface area contributed by atoms with Crippen molar-refractivity contribution in [2.24, 2.45) is 0 Å². The molecule has 0 fully saturated rings. The number of anilines is 1. The number of ketones is 2. The zero-order valence-electron chi connectivity index (χ0n) is 17.9. The molecule has 1 heterocycles. The van der Waals surface area contributed by atoms with E-state index < -0.39 is 29.0 Å². The topological polar surface area (TPSA) is 146 Å². The normalized spacial score (nSPS) is 18.5. The fourth-order valence-corrected chi connectivity index (χ4v) is 4.56. The van der Waals surface area contributed by atoms with Gasteiger partial charge in [0.05, 0.1) is 23.0 Å². The molecule has 1 unspecified atom stereocenters. The molecule has 9 heteroatoms. The summed E-state index contributed by atoms with van der Waals surface area (Å²) in [6.45, 7) is -0.383. The number of hydrogen-bond acceptors (Lipinski definition) is 8. The number of carbonyl (C=O) groups excluding carboxylic acids is 3. The Morgan fingerprint density at radius 1 is 1.00 bits per heavy atom. The Kier molecular flexibility index (Phi) is 5.06. The van der Waals surface area contributed by atoms with E-state index >= 15 is 0 Å². The molecule has 2 aromatic carbocycles. The van der Waals surface area contributed by atoms with E-state index in [-0.39, 0.29) is 59.4 Å². The van der Waals surface area contributed by atoms with Gasteiger partial charge >= 0.3 is 6.09 Å². The van der Waals surface area contributed by atoms with E-state index in [1.165, 1.54) is 18.3 Å². The minimum Gasteiger partial charge on any atom is -0.507 e. The first-order valence-corrected chi connectivity index (χ1v) is 10.6. The van der Waals surface area contributed by atoms with Crippen LogP contribution in [0.25, 0.3) is 0 Å². The number of amides is 1. The number of hydrogen-bond donors (Lipinski definition) is 4. The Morgan fingerprint density at radius 2 is 1.65 bits per heavy atom. The van der Waals surface area contributed by atoms with Gasteiger partial charge in [0.25, 0.3) is 0 Å². The molecule has 2 aliphatic rings. The molecular weight excluding hydrogens is 440 g/mol. The van der Waals surface area contributed by atoms with Gasteiger partial charge in [-0.25, -0.2) is 4.79 Å². The SMILES string of the molecule is O=C(Nc1cccnc1)OCC1(O)CCc2c(O)c3c(c(O)c2C1)C(=O)c1ccccc1C3=O. The molecule has 0 aliphatic heterocycles. The highest BCUT2D eigenvalue weighted by atomic mass is 16.6. The van der Waals surface area contributed by atoms with Gasteiger partial charge in [-0.1, -0.05) is 24.3 Å². The van der Waals surface area contributed by atoms with E-state index in [1.807, 2.05) is 0 Å². The summed E-state index contributed by atoms with van der Waals surface area (Å²) in [4.78, 5) is 42.1. The van der Waals surface area contributed by atoms with Crippen LogP contribution in [0.5, 0.6) is 11.5 Å². The number of fused-ring (bicyclic) bond motifs is 3. The van der Waals surface area contributed by atoms with Gasteiger partial charge in [-0.05, 0) is 25.0 Å². The zero-order chi connectivity index (χ0) is 24.0. The monoisotopic (exact) mass is 460 g/mol. The van der Waals surface area contributed by atoms with E-state index in [9.17, 15) is 29.7 Å². The van der Waals surface area contributed by atoms with Crippen molar-refractivity contribution in [2.45, 2.75) is 24.9 Å². The fraction of sp³-hybridized carbons (Fsp3) is 0.200. The second kappa shape index (κ2) is 7.96. The molecule has 0 saturated heterocycles. The number of nitrogens with zero attached hydrogens (tertiary/aromatic N) is 1. The van der Waals surface area contributed by atoms with Crippen LogP contribution >= 0.6 is 0 Å². The number of phenolic OH excluding ortho intramolecular Hbond substituents is 2. The van der Waals surface area contributed by atoms with Gasteiger partial charge in [0.1, 0.15) is 23.7 Å². The molecule has 1 atom stereocenters. The minimum atomic E-state index is -1.54. The summed E-state index contributed by atoms with van der Waals surface area (Å²) in [7, 11) is 0. The summed E-state index contributed by atoms with van der Waals surface area (Å²) in [5.74, 6) is -1.94. The molecule has 9 nitrogen and oxygen atoms in total. The molecule has 0 radical (unpaired) electrons. The van der Waals surface area contributed by atoms with Gasteiger partial charge in [0.2, 0.25) is 0 Å². The number of ether oxygens (including phenoxy) is 1. The Hall–Kier alpha value is -4.24. The molecule has 0 bridgehead atoms. The lowest BCUT2D eigenvalue weighted by atomic mass is 9.74. The molecule has 4 N–H and O–H groups in total. The van der Waals surface area contributed by atoms with Gasteiger partial charge in [0, 0.05) is 34.9 Å². The van der Waals surface area contributed by atoms with Crippen molar-refractivity contribution in [3.63, 3.8) is 0 Å². The number of carbonyl (C=O) groups is 3. The van der Waals surface area contributed by atoms with Crippen molar-refractivity contribution >= 4 is 23.3 Å². The summed E-state index contributed by atoms with van der Waals surface area (Å²) in [5.41, 5.74) is -0.880. The first-order valence-electron chi connectivity index (χ1n) is 10.6. The number of pyridine rings is 1. The van der Waals surface area contributed by atoms with E-state index in [0.717, 1.165) is 0 Å². The average Bonchev–Trinajstić information content (AvgIpc) is 2.84. The quantitative estimate of drug-likeness (QED) is 0.341. The number of aliphatic hydroxyl groups is 1. The van der Waals surface area contributed by atoms with E-state index in [0.29, 0.717) is 11.3 Å². The van der Waals surface area contributed by atoms with Crippen LogP contribution in [-0.2, 0) is 17.6 Å². The summed E-state index contributed by atoms with van der Waals surface area (Å²) in [5, 5.41) is 35.5. The molecule has 0 saturated carbocycles. The van der Waals surface area contributed by atoms with Gasteiger partial charge in [0.15, 0.2) is 11.6 Å². The molecule has 1 aromatic heterocycles. The maximum Gasteiger partial charge on any atom is 0.411 e. The molecular formula is C25H20N2O7. The summed E-state index contributed by atoms with van der Waals surface area (Å²) >= 11 is 0. The fourth-order valence-electron chi connectivity index (χ4n) is 4.56. The second-order valence-corrected chi connectivity index (χ2v) is 8.45. The minimum absolute atomic E-state index is 0.102. The van der Waals surface area contributed by atoms with Crippen LogP contribution in [-0.4, -0.2) is 50.2 Å². The third-order valence-electron chi connectivity index (χ3n) is 6.26. The smallest absolute Gasteiger partial charge is 0.411 e. The van der Waals surface area contributed by atoms with E-state index in [2.05, 4.69) is 10.3 Å². The molecule has 1 amide bonds. The Labute approximate surface area is 193 Å². The molecule has 5 rings (SSSR count). The number of benzene rings is 2. The Balaban J connectivity index is 1.43. The van der Waals surface area contributed by atoms with Crippen LogP contribution in [0.3, 0.4) is 0 Å². The lowest BCUT2D eigenvalue weighted by Crippen LogP contribution is -2.42. The number of nitrogens with one attached hydrogen (secondary N) is 1.